The molecule has 2 aliphatic rings. The smallest absolute Gasteiger partial charge is 0.233 e. The minimum Gasteiger partial charge on any atom is -0.497 e. The first-order chi connectivity index (χ1) is 15.0. The second kappa shape index (κ2) is 9.08. The molecule has 2 heterocycles. The van der Waals surface area contributed by atoms with Gasteiger partial charge in [-0.05, 0) is 55.0 Å². The molecule has 4 rings (SSSR count). The van der Waals surface area contributed by atoms with Gasteiger partial charge in [0.2, 0.25) is 11.8 Å². The number of methoxy groups -OCH3 is 1. The largest absolute Gasteiger partial charge is 0.497 e. The third-order valence-electron chi connectivity index (χ3n) is 6.75. The van der Waals surface area contributed by atoms with E-state index in [2.05, 4.69) is 27.3 Å². The van der Waals surface area contributed by atoms with Gasteiger partial charge in [-0.15, -0.1) is 0 Å². The Bertz CT molecular complexity index is 918. The van der Waals surface area contributed by atoms with Gasteiger partial charge in [-0.25, -0.2) is 0 Å². The van der Waals surface area contributed by atoms with Crippen LogP contribution in [-0.2, 0) is 21.5 Å². The van der Waals surface area contributed by atoms with Gasteiger partial charge in [-0.3, -0.25) is 14.6 Å². The predicted octanol–water partition coefficient (Wildman–Crippen LogP) is 3.90. The van der Waals surface area contributed by atoms with Gasteiger partial charge in [0.15, 0.2) is 0 Å². The van der Waals surface area contributed by atoms with E-state index in [1.54, 1.807) is 13.3 Å². The maximum absolute atomic E-state index is 14.0. The zero-order valence-electron chi connectivity index (χ0n) is 18.4. The van der Waals surface area contributed by atoms with E-state index in [9.17, 15) is 9.59 Å². The third kappa shape index (κ3) is 4.29. The van der Waals surface area contributed by atoms with Gasteiger partial charge >= 0.3 is 0 Å². The number of nitrogens with one attached hydrogen (secondary N) is 1. The highest BCUT2D eigenvalue weighted by Crippen LogP contribution is 2.45. The van der Waals surface area contributed by atoms with Gasteiger partial charge < -0.3 is 15.0 Å². The molecule has 1 aliphatic carbocycles. The molecule has 6 nitrogen and oxygen atoms in total. The van der Waals surface area contributed by atoms with Crippen LogP contribution in [0.5, 0.6) is 5.75 Å². The highest BCUT2D eigenvalue weighted by molar-refractivity contribution is 5.89. The summed E-state index contributed by atoms with van der Waals surface area (Å²) >= 11 is 0. The van der Waals surface area contributed by atoms with E-state index in [0.717, 1.165) is 67.6 Å². The lowest BCUT2D eigenvalue weighted by atomic mass is 9.77. The third-order valence-corrected chi connectivity index (χ3v) is 6.75. The lowest BCUT2D eigenvalue weighted by molar-refractivity contribution is -0.138. The number of carbonyl (C=O) groups excluding carboxylic acids is 2. The number of nitrogens with zero attached hydrogens (tertiary/aromatic N) is 2. The quantitative estimate of drug-likeness (QED) is 0.768. The summed E-state index contributed by atoms with van der Waals surface area (Å²) in [5.74, 6) is 0.991. The molecule has 1 aromatic heterocycles. The fourth-order valence-corrected chi connectivity index (χ4v) is 5.07. The Morgan fingerprint density at radius 3 is 2.48 bits per heavy atom. The molecule has 1 saturated carbocycles. The molecule has 0 radical (unpaired) electrons. The highest BCUT2D eigenvalue weighted by atomic mass is 16.5. The van der Waals surface area contributed by atoms with Gasteiger partial charge in [0.1, 0.15) is 5.75 Å². The number of amides is 2. The van der Waals surface area contributed by atoms with Crippen molar-refractivity contribution in [1.29, 1.82) is 0 Å². The molecule has 1 aliphatic heterocycles. The van der Waals surface area contributed by atoms with Crippen molar-refractivity contribution in [1.82, 2.24) is 15.2 Å². The summed E-state index contributed by atoms with van der Waals surface area (Å²) in [7, 11) is 1.66. The van der Waals surface area contributed by atoms with Crippen molar-refractivity contribution in [3.8, 4) is 5.75 Å². The second-order valence-corrected chi connectivity index (χ2v) is 8.68. The van der Waals surface area contributed by atoms with E-state index >= 15 is 0 Å². The lowest BCUT2D eigenvalue weighted by Crippen LogP contribution is -2.45. The van der Waals surface area contributed by atoms with E-state index in [0.29, 0.717) is 6.54 Å². The fourth-order valence-electron chi connectivity index (χ4n) is 5.07. The molecule has 6 heteroatoms. The number of benzene rings is 1. The Balaban J connectivity index is 1.56. The first kappa shape index (κ1) is 21.3. The van der Waals surface area contributed by atoms with E-state index in [4.69, 9.17) is 4.74 Å². The SMILES string of the molecule is COc1ccc(C2(C(=O)N3CCCC3c3ccc(CNC(C)=O)cn3)CCCC2)cc1. The summed E-state index contributed by atoms with van der Waals surface area (Å²) in [6.07, 6.45) is 7.67. The number of rotatable bonds is 6. The molecule has 164 valence electrons. The van der Waals surface area contributed by atoms with E-state index in [1.807, 2.05) is 24.3 Å². The van der Waals surface area contributed by atoms with Crippen molar-refractivity contribution < 1.29 is 14.3 Å². The van der Waals surface area contributed by atoms with E-state index < -0.39 is 5.41 Å². The van der Waals surface area contributed by atoms with Gasteiger partial charge in [-0.1, -0.05) is 31.0 Å². The lowest BCUT2D eigenvalue weighted by Gasteiger charge is -2.36. The topological polar surface area (TPSA) is 71.5 Å². The Labute approximate surface area is 184 Å². The molecule has 1 N–H and O–H groups in total. The molecular weight excluding hydrogens is 390 g/mol. The number of likely N-dealkylation sites (tertiary alicyclic amines) is 1. The predicted molar refractivity (Wildman–Crippen MR) is 119 cm³/mol. The Hall–Kier alpha value is -2.89. The monoisotopic (exact) mass is 421 g/mol. The maximum atomic E-state index is 14.0. The maximum Gasteiger partial charge on any atom is 0.233 e. The average Bonchev–Trinajstić information content (AvgIpc) is 3.48. The minimum absolute atomic E-state index is 0.0121. The second-order valence-electron chi connectivity index (χ2n) is 8.68. The van der Waals surface area contributed by atoms with E-state index in [1.165, 1.54) is 6.92 Å². The van der Waals surface area contributed by atoms with Crippen LogP contribution in [0.3, 0.4) is 0 Å². The van der Waals surface area contributed by atoms with Crippen LogP contribution in [0.2, 0.25) is 0 Å². The molecule has 31 heavy (non-hydrogen) atoms. The van der Waals surface area contributed by atoms with Crippen LogP contribution in [0.4, 0.5) is 0 Å². The highest BCUT2D eigenvalue weighted by Gasteiger charge is 2.47. The first-order valence-electron chi connectivity index (χ1n) is 11.2. The number of ether oxygens (including phenoxy) is 1. The summed E-state index contributed by atoms with van der Waals surface area (Å²) < 4.78 is 5.31. The number of carbonyl (C=O) groups is 2. The number of pyridine rings is 1. The van der Waals surface area contributed by atoms with Crippen molar-refractivity contribution >= 4 is 11.8 Å². The molecule has 2 amide bonds. The van der Waals surface area contributed by atoms with Crippen molar-refractivity contribution in [2.45, 2.75) is 63.5 Å². The van der Waals surface area contributed by atoms with Crippen LogP contribution in [0.15, 0.2) is 42.6 Å². The van der Waals surface area contributed by atoms with Crippen LogP contribution in [-0.4, -0.2) is 35.4 Å². The summed E-state index contributed by atoms with van der Waals surface area (Å²) in [5, 5.41) is 2.79. The van der Waals surface area contributed by atoms with Crippen LogP contribution < -0.4 is 10.1 Å². The van der Waals surface area contributed by atoms with Crippen molar-refractivity contribution in [2.24, 2.45) is 0 Å². The summed E-state index contributed by atoms with van der Waals surface area (Å²) in [5.41, 5.74) is 2.54. The molecule has 1 saturated heterocycles. The number of aromatic nitrogens is 1. The Morgan fingerprint density at radius 2 is 1.87 bits per heavy atom. The van der Waals surface area contributed by atoms with Gasteiger partial charge in [-0.2, -0.15) is 0 Å². The summed E-state index contributed by atoms with van der Waals surface area (Å²) in [4.78, 5) is 31.8. The van der Waals surface area contributed by atoms with Gasteiger partial charge in [0.05, 0.1) is 24.3 Å². The fraction of sp³-hybridized carbons (Fsp3) is 0.480. The van der Waals surface area contributed by atoms with Crippen molar-refractivity contribution in [3.63, 3.8) is 0 Å². The molecule has 0 bridgehead atoms. The molecule has 2 aromatic rings. The average molecular weight is 422 g/mol. The van der Waals surface area contributed by atoms with Crippen LogP contribution >= 0.6 is 0 Å². The van der Waals surface area contributed by atoms with Crippen LogP contribution in [0, 0.1) is 0 Å². The normalized spacial score (nSPS) is 19.9. The van der Waals surface area contributed by atoms with Crippen LogP contribution in [0.1, 0.15) is 68.3 Å². The van der Waals surface area contributed by atoms with E-state index in [-0.39, 0.29) is 17.9 Å². The van der Waals surface area contributed by atoms with Crippen molar-refractivity contribution in [2.75, 3.05) is 13.7 Å². The van der Waals surface area contributed by atoms with Crippen LogP contribution in [0.25, 0.3) is 0 Å². The first-order valence-corrected chi connectivity index (χ1v) is 11.2. The zero-order valence-corrected chi connectivity index (χ0v) is 18.4. The molecule has 0 spiro atoms. The number of hydrogen-bond donors (Lipinski definition) is 1. The summed E-state index contributed by atoms with van der Waals surface area (Å²) in [6, 6.07) is 12.0. The summed E-state index contributed by atoms with van der Waals surface area (Å²) in [6.45, 7) is 2.75. The minimum atomic E-state index is -0.444. The molecular formula is C25H31N3O3. The zero-order chi connectivity index (χ0) is 21.8. The standard InChI is InChI=1S/C25H31N3O3/c1-18(29)26-16-19-7-12-22(27-17-19)23-6-5-15-28(23)24(30)25(13-3-4-14-25)20-8-10-21(31-2)11-9-20/h7-12,17,23H,3-6,13-16H2,1-2H3,(H,26,29). The molecule has 1 aromatic carbocycles. The van der Waals surface area contributed by atoms with Gasteiger partial charge in [0.25, 0.3) is 0 Å². The molecule has 1 atom stereocenters. The molecule has 1 unspecified atom stereocenters. The molecule has 2 fully saturated rings. The number of hydrogen-bond acceptors (Lipinski definition) is 4. The Morgan fingerprint density at radius 1 is 1.13 bits per heavy atom. The Kier molecular flexibility index (Phi) is 6.25. The van der Waals surface area contributed by atoms with Gasteiger partial charge in [0, 0.05) is 26.2 Å². The van der Waals surface area contributed by atoms with Crippen molar-refractivity contribution in [3.05, 3.63) is 59.4 Å².